The maximum absolute atomic E-state index is 2.32. The van der Waals surface area contributed by atoms with Crippen molar-refractivity contribution in [3.8, 4) is 22.3 Å². The minimum absolute atomic E-state index is 0. The topological polar surface area (TPSA) is 0 Å². The Morgan fingerprint density at radius 1 is 0.440 bits per heavy atom. The van der Waals surface area contributed by atoms with Crippen LogP contribution in [0.25, 0.3) is 43.8 Å². The van der Waals surface area contributed by atoms with E-state index in [1.807, 2.05) is 0 Å². The molecule has 50 heavy (non-hydrogen) atoms. The van der Waals surface area contributed by atoms with Gasteiger partial charge in [-0.25, -0.2) is 0 Å². The van der Waals surface area contributed by atoms with Crippen molar-refractivity contribution < 1.29 is 57.0 Å². The van der Waals surface area contributed by atoms with Gasteiger partial charge in [0.2, 0.25) is 0 Å². The van der Waals surface area contributed by atoms with Crippen molar-refractivity contribution in [1.29, 1.82) is 0 Å². The van der Waals surface area contributed by atoms with Crippen molar-refractivity contribution in [1.82, 2.24) is 0 Å². The average molecular weight is 959 g/mol. The van der Waals surface area contributed by atoms with E-state index in [1.54, 1.807) is 0 Å². The van der Waals surface area contributed by atoms with E-state index in [1.165, 1.54) is 88.3 Å². The van der Waals surface area contributed by atoms with E-state index in [4.69, 9.17) is 0 Å². The molecule has 0 aliphatic carbocycles. The van der Waals surface area contributed by atoms with Crippen LogP contribution < -0.4 is 44.3 Å². The van der Waals surface area contributed by atoms with Gasteiger partial charge >= 0.3 is 99.5 Å². The van der Waals surface area contributed by atoms with E-state index >= 15 is 0 Å². The number of hydrogen-bond acceptors (Lipinski definition) is 0. The van der Waals surface area contributed by atoms with Gasteiger partial charge in [0.1, 0.15) is 0 Å². The molecule has 0 heterocycles. The molecule has 0 spiro atoms. The Morgan fingerprint density at radius 2 is 0.780 bits per heavy atom. The number of aryl methyl sites for hydroxylation is 2. The Balaban J connectivity index is 0.000000166. The molecule has 8 aromatic rings. The summed E-state index contributed by atoms with van der Waals surface area (Å²) >= 11 is 1.27. The zero-order valence-corrected chi connectivity index (χ0v) is 36.3. The molecule has 0 radical (unpaired) electrons. The van der Waals surface area contributed by atoms with Gasteiger partial charge in [-0.15, -0.1) is 69.1 Å². The Bertz CT molecular complexity index is 2040. The van der Waals surface area contributed by atoms with Gasteiger partial charge in [-0.1, -0.05) is 97.8 Å². The summed E-state index contributed by atoms with van der Waals surface area (Å²) in [5, 5.41) is 8.52. The summed E-state index contributed by atoms with van der Waals surface area (Å²) in [5.41, 5.74) is 7.70. The number of benzene rings is 6. The molecule has 0 N–H and O–H groups in total. The Morgan fingerprint density at radius 3 is 1.12 bits per heavy atom. The molecular weight excluding hydrogens is 919 g/mol. The molecule has 0 saturated heterocycles. The van der Waals surface area contributed by atoms with E-state index in [2.05, 4.69) is 196 Å². The van der Waals surface area contributed by atoms with Gasteiger partial charge in [0, 0.05) is 0 Å². The summed E-state index contributed by atoms with van der Waals surface area (Å²) < 4.78 is 0. The van der Waals surface area contributed by atoms with Gasteiger partial charge in [0.05, 0.1) is 0 Å². The molecule has 0 saturated carbocycles. The molecule has 0 aromatic heterocycles. The van der Waals surface area contributed by atoms with Crippen molar-refractivity contribution in [2.75, 3.05) is 0 Å². The van der Waals surface area contributed by atoms with Crippen LogP contribution >= 0.6 is 0 Å². The van der Waals surface area contributed by atoms with Crippen LogP contribution in [0, 0.1) is 0 Å². The first-order valence-electron chi connectivity index (χ1n) is 16.8. The monoisotopic (exact) mass is 958 g/mol. The fourth-order valence-electron chi connectivity index (χ4n) is 6.12. The van der Waals surface area contributed by atoms with E-state index in [0.717, 1.165) is 12.8 Å². The molecule has 0 fully saturated rings. The summed E-state index contributed by atoms with van der Waals surface area (Å²) in [6, 6.07) is 65.3. The Hall–Kier alpha value is -3.41. The van der Waals surface area contributed by atoms with E-state index in [0.29, 0.717) is 0 Å². The standard InChI is InChI=1S/2C17H15.C12H10Si.2BrH.Hf/c2*1-2-13-11-15-9-6-10-16(17(15)12-13)14-7-4-3-5-8-14;1-3-7-11(8-4-1)13-12-9-5-2-6-10-12;;;/h2*3-12H,2H2,1H3;1-10H;2*1H;/q2*-1;;;;+2/p-2. The second kappa shape index (κ2) is 19.8. The van der Waals surface area contributed by atoms with Gasteiger partial charge in [0.25, 0.3) is 0 Å². The molecule has 0 unspecified atom stereocenters. The van der Waals surface area contributed by atoms with Gasteiger partial charge in [-0.2, -0.15) is 12.1 Å². The van der Waals surface area contributed by atoms with Crippen molar-refractivity contribution in [3.63, 3.8) is 0 Å². The minimum atomic E-state index is -0.406. The quantitative estimate of drug-likeness (QED) is 0.164. The van der Waals surface area contributed by atoms with E-state index in [9.17, 15) is 0 Å². The molecule has 8 rings (SSSR count). The molecule has 0 aliphatic heterocycles. The second-order valence-electron chi connectivity index (χ2n) is 11.9. The fraction of sp³-hybridized carbons (Fsp3) is 0.0870. The third-order valence-electron chi connectivity index (χ3n) is 8.73. The molecule has 0 amide bonds. The summed E-state index contributed by atoms with van der Waals surface area (Å²) in [6.45, 7) is 4.41. The molecular formula is C46H40Br2HfSi-2. The van der Waals surface area contributed by atoms with Gasteiger partial charge in [-0.3, -0.25) is 0 Å². The Kier molecular flexibility index (Phi) is 15.6. The van der Waals surface area contributed by atoms with Crippen molar-refractivity contribution >= 4 is 37.4 Å². The van der Waals surface area contributed by atoms with Gasteiger partial charge < -0.3 is 34.0 Å². The third-order valence-corrected chi connectivity index (χ3v) is 16.8. The first kappa shape index (κ1) is 39.4. The number of rotatable bonds is 6. The SMILES string of the molecule is CCc1cc2c(-c3ccccc3)cccc2[cH-]1.CCc1cc2c(-c3ccccc3)cccc2[cH-]1.[Br-].[Br-].[Hf+2]=[Si](c1ccccc1)c1ccccc1. The predicted octanol–water partition coefficient (Wildman–Crippen LogP) is 4.92. The molecule has 0 bridgehead atoms. The summed E-state index contributed by atoms with van der Waals surface area (Å²) in [7, 11) is 0. The molecule has 0 atom stereocenters. The third kappa shape index (κ3) is 9.88. The average Bonchev–Trinajstić information content (AvgIpc) is 3.81. The summed E-state index contributed by atoms with van der Waals surface area (Å²) in [5.74, 6) is 0. The number of hydrogen-bond donors (Lipinski definition) is 0. The van der Waals surface area contributed by atoms with E-state index < -0.39 is 5.49 Å². The van der Waals surface area contributed by atoms with Gasteiger partial charge in [0.15, 0.2) is 0 Å². The van der Waals surface area contributed by atoms with Crippen LogP contribution in [0.4, 0.5) is 0 Å². The maximum atomic E-state index is 2.32. The molecule has 8 aromatic carbocycles. The zero-order valence-electron chi connectivity index (χ0n) is 28.5. The van der Waals surface area contributed by atoms with Crippen LogP contribution in [0.2, 0.25) is 0 Å². The predicted molar refractivity (Wildman–Crippen MR) is 207 cm³/mol. The van der Waals surface area contributed by atoms with Crippen molar-refractivity contribution in [2.45, 2.75) is 26.7 Å². The van der Waals surface area contributed by atoms with Crippen LogP contribution in [0.5, 0.6) is 0 Å². The zero-order chi connectivity index (χ0) is 33.1. The van der Waals surface area contributed by atoms with Crippen molar-refractivity contribution in [3.05, 3.63) is 193 Å². The number of fused-ring (bicyclic) bond motifs is 2. The molecule has 0 aliphatic rings. The van der Waals surface area contributed by atoms with Crippen LogP contribution in [0.1, 0.15) is 25.0 Å². The fourth-order valence-corrected chi connectivity index (χ4v) is 11.1. The summed E-state index contributed by atoms with van der Waals surface area (Å²) in [4.78, 5) is 0. The first-order valence-corrected chi connectivity index (χ1v) is 23.7. The molecule has 4 heteroatoms. The molecule has 0 nitrogen and oxygen atoms in total. The summed E-state index contributed by atoms with van der Waals surface area (Å²) in [6.07, 6.45) is 2.20. The van der Waals surface area contributed by atoms with Crippen LogP contribution in [0.3, 0.4) is 0 Å². The first-order chi connectivity index (χ1) is 23.6. The van der Waals surface area contributed by atoms with Crippen molar-refractivity contribution in [2.24, 2.45) is 0 Å². The van der Waals surface area contributed by atoms with E-state index in [-0.39, 0.29) is 34.0 Å². The normalized spacial score (nSPS) is 10.2. The molecule has 248 valence electrons. The number of halogens is 2. The van der Waals surface area contributed by atoms with Crippen LogP contribution in [-0.4, -0.2) is 5.49 Å². The van der Waals surface area contributed by atoms with Crippen LogP contribution in [-0.2, 0) is 35.8 Å². The second-order valence-corrected chi connectivity index (χ2v) is 19.2. The van der Waals surface area contributed by atoms with Crippen LogP contribution in [0.15, 0.2) is 182 Å². The van der Waals surface area contributed by atoms with Gasteiger partial charge in [-0.05, 0) is 24.0 Å². The Labute approximate surface area is 333 Å².